The van der Waals surface area contributed by atoms with Gasteiger partial charge in [-0.3, -0.25) is 9.79 Å². The fourth-order valence-corrected chi connectivity index (χ4v) is 3.14. The minimum atomic E-state index is -0.368. The van der Waals surface area contributed by atoms with Crippen molar-refractivity contribution in [3.05, 3.63) is 28.7 Å². The number of hydrogen-bond acceptors (Lipinski definition) is 3. The number of guanidine groups is 1. The summed E-state index contributed by atoms with van der Waals surface area (Å²) in [6.45, 7) is 11.7. The van der Waals surface area contributed by atoms with E-state index in [-0.39, 0.29) is 11.3 Å². The van der Waals surface area contributed by atoms with Crippen LogP contribution in [0, 0.1) is 5.41 Å². The second-order valence-corrected chi connectivity index (χ2v) is 8.73. The third kappa shape index (κ3) is 7.05. The number of anilines is 1. The molecule has 0 aliphatic carbocycles. The van der Waals surface area contributed by atoms with Crippen molar-refractivity contribution < 1.29 is 4.79 Å². The molecule has 1 unspecified atom stereocenters. The maximum absolute atomic E-state index is 11.9. The van der Waals surface area contributed by atoms with Crippen LogP contribution in [-0.2, 0) is 4.79 Å². The van der Waals surface area contributed by atoms with Crippen molar-refractivity contribution in [3.8, 4) is 0 Å². The molecule has 0 radical (unpaired) electrons. The molecule has 2 rings (SSSR count). The summed E-state index contributed by atoms with van der Waals surface area (Å²) in [5.74, 6) is 0.863. The Morgan fingerprint density at radius 3 is 2.59 bits per heavy atom. The second kappa shape index (κ2) is 9.97. The van der Waals surface area contributed by atoms with Crippen LogP contribution in [0.2, 0.25) is 0 Å². The van der Waals surface area contributed by atoms with Crippen LogP contribution in [0.3, 0.4) is 0 Å². The van der Waals surface area contributed by atoms with Gasteiger partial charge in [0.05, 0.1) is 6.54 Å². The molecule has 1 aromatic rings. The van der Waals surface area contributed by atoms with Gasteiger partial charge in [0.2, 0.25) is 5.91 Å². The van der Waals surface area contributed by atoms with Gasteiger partial charge in [-0.1, -0.05) is 36.7 Å². The summed E-state index contributed by atoms with van der Waals surface area (Å²) < 4.78 is 1.10. The van der Waals surface area contributed by atoms with Gasteiger partial charge in [-0.15, -0.1) is 0 Å². The molecule has 27 heavy (non-hydrogen) atoms. The van der Waals surface area contributed by atoms with Gasteiger partial charge in [-0.25, -0.2) is 0 Å². The Balaban J connectivity index is 1.83. The van der Waals surface area contributed by atoms with E-state index in [1.807, 2.05) is 20.8 Å². The second-order valence-electron chi connectivity index (χ2n) is 7.82. The first-order chi connectivity index (χ1) is 12.8. The van der Waals surface area contributed by atoms with Crippen molar-refractivity contribution in [2.24, 2.45) is 10.4 Å². The van der Waals surface area contributed by atoms with Gasteiger partial charge >= 0.3 is 0 Å². The molecule has 1 heterocycles. The maximum atomic E-state index is 11.9. The average Bonchev–Trinajstić information content (AvgIpc) is 3.07. The molecule has 3 N–H and O–H groups in total. The summed E-state index contributed by atoms with van der Waals surface area (Å²) in [5, 5.41) is 9.75. The summed E-state index contributed by atoms with van der Waals surface area (Å²) in [4.78, 5) is 18.9. The molecule has 0 spiro atoms. The largest absolute Gasteiger partial charge is 0.369 e. The fraction of sp³-hybridized carbons (Fsp3) is 0.600. The van der Waals surface area contributed by atoms with Crippen molar-refractivity contribution in [2.75, 3.05) is 37.6 Å². The van der Waals surface area contributed by atoms with Crippen molar-refractivity contribution in [3.63, 3.8) is 0 Å². The van der Waals surface area contributed by atoms with Gasteiger partial charge in [0.1, 0.15) is 0 Å². The Kier molecular flexibility index (Phi) is 7.95. The minimum absolute atomic E-state index is 0.0524. The Bertz CT molecular complexity index is 639. The zero-order valence-electron chi connectivity index (χ0n) is 16.8. The van der Waals surface area contributed by atoms with E-state index in [1.165, 1.54) is 5.69 Å². The molecule has 1 aliphatic rings. The number of nitrogens with one attached hydrogen (secondary N) is 3. The Morgan fingerprint density at radius 2 is 1.96 bits per heavy atom. The molecule has 0 bridgehead atoms. The Labute approximate surface area is 171 Å². The molecular formula is C20H32BrN5O. The molecule has 1 aliphatic heterocycles. The number of nitrogens with zero attached hydrogens (tertiary/aromatic N) is 2. The first-order valence-electron chi connectivity index (χ1n) is 9.63. The van der Waals surface area contributed by atoms with Crippen LogP contribution in [0.5, 0.6) is 0 Å². The predicted octanol–water partition coefficient (Wildman–Crippen LogP) is 2.75. The summed E-state index contributed by atoms with van der Waals surface area (Å²) in [7, 11) is 0. The quantitative estimate of drug-likeness (QED) is 0.363. The first kappa shape index (κ1) is 21.5. The van der Waals surface area contributed by atoms with Crippen LogP contribution in [0.1, 0.15) is 34.1 Å². The molecule has 1 saturated heterocycles. The molecule has 1 atom stereocenters. The maximum Gasteiger partial charge on any atom is 0.225 e. The standard InChI is InChI=1S/C20H32BrN5O/c1-5-22-19(24-12-11-23-18(27)20(2,3)4)25-16-10-13-26(14-16)17-8-6-15(21)7-9-17/h6-9,16H,5,10-14H2,1-4H3,(H,23,27)(H2,22,24,25). The molecule has 1 amide bonds. The zero-order chi connectivity index (χ0) is 19.9. The van der Waals surface area contributed by atoms with Crippen LogP contribution in [0.4, 0.5) is 5.69 Å². The Morgan fingerprint density at radius 1 is 1.26 bits per heavy atom. The zero-order valence-corrected chi connectivity index (χ0v) is 18.4. The van der Waals surface area contributed by atoms with Crippen LogP contribution in [0.25, 0.3) is 0 Å². The fourth-order valence-electron chi connectivity index (χ4n) is 2.88. The number of aliphatic imine (C=N–C) groups is 1. The normalized spacial score (nSPS) is 17.7. The van der Waals surface area contributed by atoms with E-state index in [1.54, 1.807) is 0 Å². The van der Waals surface area contributed by atoms with Crippen LogP contribution < -0.4 is 20.9 Å². The molecule has 1 fully saturated rings. The van der Waals surface area contributed by atoms with Crippen molar-refractivity contribution >= 4 is 33.5 Å². The van der Waals surface area contributed by atoms with E-state index in [2.05, 4.69) is 73.0 Å². The van der Waals surface area contributed by atoms with E-state index < -0.39 is 0 Å². The van der Waals surface area contributed by atoms with E-state index in [4.69, 9.17) is 0 Å². The highest BCUT2D eigenvalue weighted by Gasteiger charge is 2.23. The van der Waals surface area contributed by atoms with Gasteiger partial charge in [0.15, 0.2) is 5.96 Å². The predicted molar refractivity (Wildman–Crippen MR) is 116 cm³/mol. The smallest absolute Gasteiger partial charge is 0.225 e. The van der Waals surface area contributed by atoms with Crippen molar-refractivity contribution in [1.82, 2.24) is 16.0 Å². The first-order valence-corrected chi connectivity index (χ1v) is 10.4. The molecule has 7 heteroatoms. The molecule has 6 nitrogen and oxygen atoms in total. The lowest BCUT2D eigenvalue weighted by atomic mass is 9.96. The number of benzene rings is 1. The SMILES string of the molecule is CCNC(=NCCNC(=O)C(C)(C)C)NC1CCN(c2ccc(Br)cc2)C1. The number of amides is 1. The lowest BCUT2D eigenvalue weighted by Gasteiger charge is -2.20. The van der Waals surface area contributed by atoms with E-state index in [9.17, 15) is 4.79 Å². The number of rotatable bonds is 6. The highest BCUT2D eigenvalue weighted by Crippen LogP contribution is 2.22. The third-order valence-electron chi connectivity index (χ3n) is 4.41. The van der Waals surface area contributed by atoms with Gasteiger partial charge in [-0.05, 0) is 37.6 Å². The van der Waals surface area contributed by atoms with Crippen LogP contribution >= 0.6 is 15.9 Å². The van der Waals surface area contributed by atoms with E-state index in [0.29, 0.717) is 19.1 Å². The summed E-state index contributed by atoms with van der Waals surface area (Å²) in [6.07, 6.45) is 1.07. The van der Waals surface area contributed by atoms with E-state index in [0.717, 1.165) is 36.5 Å². The highest BCUT2D eigenvalue weighted by molar-refractivity contribution is 9.10. The average molecular weight is 438 g/mol. The van der Waals surface area contributed by atoms with Gasteiger partial charge in [0, 0.05) is 47.8 Å². The van der Waals surface area contributed by atoms with Gasteiger partial charge in [0.25, 0.3) is 0 Å². The van der Waals surface area contributed by atoms with Crippen LogP contribution in [-0.4, -0.2) is 50.6 Å². The molecular weight excluding hydrogens is 406 g/mol. The summed E-state index contributed by atoms with van der Waals surface area (Å²) >= 11 is 3.48. The lowest BCUT2D eigenvalue weighted by Crippen LogP contribution is -2.45. The van der Waals surface area contributed by atoms with Gasteiger partial charge < -0.3 is 20.9 Å². The van der Waals surface area contributed by atoms with Gasteiger partial charge in [-0.2, -0.15) is 0 Å². The monoisotopic (exact) mass is 437 g/mol. The lowest BCUT2D eigenvalue weighted by molar-refractivity contribution is -0.128. The molecule has 0 aromatic heterocycles. The van der Waals surface area contributed by atoms with Crippen molar-refractivity contribution in [2.45, 2.75) is 40.2 Å². The number of carbonyl (C=O) groups excluding carboxylic acids is 1. The minimum Gasteiger partial charge on any atom is -0.369 e. The third-order valence-corrected chi connectivity index (χ3v) is 4.94. The summed E-state index contributed by atoms with van der Waals surface area (Å²) in [5.41, 5.74) is 0.876. The topological polar surface area (TPSA) is 68.8 Å². The highest BCUT2D eigenvalue weighted by atomic mass is 79.9. The molecule has 150 valence electrons. The van der Waals surface area contributed by atoms with Crippen molar-refractivity contribution in [1.29, 1.82) is 0 Å². The van der Waals surface area contributed by atoms with E-state index >= 15 is 0 Å². The molecule has 0 saturated carbocycles. The Hall–Kier alpha value is -1.76. The number of carbonyl (C=O) groups is 1. The number of halogens is 1. The van der Waals surface area contributed by atoms with Crippen LogP contribution in [0.15, 0.2) is 33.7 Å². The summed E-state index contributed by atoms with van der Waals surface area (Å²) in [6, 6.07) is 8.80. The molecule has 1 aromatic carbocycles. The number of hydrogen-bond donors (Lipinski definition) is 3.